The van der Waals surface area contributed by atoms with Gasteiger partial charge in [0.1, 0.15) is 0 Å². The van der Waals surface area contributed by atoms with E-state index in [-0.39, 0.29) is 0 Å². The summed E-state index contributed by atoms with van der Waals surface area (Å²) in [4.78, 5) is 6.27. The maximum absolute atomic E-state index is 6.31. The third kappa shape index (κ3) is 4.43. The Bertz CT molecular complexity index is 622. The quantitative estimate of drug-likeness (QED) is 0.720. The Hall–Kier alpha value is -1.16. The van der Waals surface area contributed by atoms with Crippen LogP contribution in [0.1, 0.15) is 12.5 Å². The van der Waals surface area contributed by atoms with Crippen LogP contribution in [-0.4, -0.2) is 36.8 Å². The lowest BCUT2D eigenvalue weighted by Gasteiger charge is -2.36. The first-order valence-electron chi connectivity index (χ1n) is 8.20. The van der Waals surface area contributed by atoms with E-state index in [0.717, 1.165) is 49.2 Å². The van der Waals surface area contributed by atoms with Crippen molar-refractivity contribution in [3.8, 4) is 0 Å². The van der Waals surface area contributed by atoms with Crippen molar-refractivity contribution in [2.45, 2.75) is 18.4 Å². The molecular weight excluding hydrogens is 324 g/mol. The first-order valence-corrected chi connectivity index (χ1v) is 9.56. The van der Waals surface area contributed by atoms with Crippen molar-refractivity contribution < 1.29 is 0 Å². The summed E-state index contributed by atoms with van der Waals surface area (Å²) >= 11 is 8.20. The molecular formula is C19H23ClN2S. The zero-order valence-corrected chi connectivity index (χ0v) is 15.1. The zero-order chi connectivity index (χ0) is 16.1. The highest BCUT2D eigenvalue weighted by molar-refractivity contribution is 7.99. The zero-order valence-electron chi connectivity index (χ0n) is 13.5. The summed E-state index contributed by atoms with van der Waals surface area (Å²) in [7, 11) is 0. The third-order valence-corrected chi connectivity index (χ3v) is 5.42. The van der Waals surface area contributed by atoms with Gasteiger partial charge in [-0.15, -0.1) is 11.8 Å². The topological polar surface area (TPSA) is 6.48 Å². The van der Waals surface area contributed by atoms with E-state index in [1.807, 2.05) is 23.9 Å². The first-order chi connectivity index (χ1) is 11.3. The van der Waals surface area contributed by atoms with Crippen LogP contribution in [0.5, 0.6) is 0 Å². The number of benzene rings is 2. The van der Waals surface area contributed by atoms with Crippen LogP contribution in [0.15, 0.2) is 53.4 Å². The Kier molecular flexibility index (Phi) is 5.87. The summed E-state index contributed by atoms with van der Waals surface area (Å²) in [5.41, 5.74) is 2.56. The molecule has 1 aliphatic rings. The van der Waals surface area contributed by atoms with Crippen molar-refractivity contribution in [1.29, 1.82) is 0 Å². The molecule has 1 saturated heterocycles. The Balaban J connectivity index is 1.54. The van der Waals surface area contributed by atoms with Crippen LogP contribution in [0, 0.1) is 0 Å². The van der Waals surface area contributed by atoms with Crippen LogP contribution in [0.4, 0.5) is 5.69 Å². The van der Waals surface area contributed by atoms with Gasteiger partial charge in [0, 0.05) is 37.6 Å². The lowest BCUT2D eigenvalue weighted by Crippen LogP contribution is -2.46. The van der Waals surface area contributed by atoms with E-state index >= 15 is 0 Å². The molecule has 4 heteroatoms. The van der Waals surface area contributed by atoms with Gasteiger partial charge in [-0.3, -0.25) is 4.90 Å². The van der Waals surface area contributed by atoms with E-state index in [2.05, 4.69) is 53.1 Å². The van der Waals surface area contributed by atoms with Crippen molar-refractivity contribution in [3.05, 3.63) is 59.1 Å². The summed E-state index contributed by atoms with van der Waals surface area (Å²) in [6.45, 7) is 7.46. The molecule has 0 spiro atoms. The van der Waals surface area contributed by atoms with E-state index in [1.54, 1.807) is 0 Å². The van der Waals surface area contributed by atoms with Gasteiger partial charge in [0.05, 0.1) is 10.7 Å². The Morgan fingerprint density at radius 3 is 2.30 bits per heavy atom. The van der Waals surface area contributed by atoms with Crippen molar-refractivity contribution in [3.63, 3.8) is 0 Å². The summed E-state index contributed by atoms with van der Waals surface area (Å²) in [5.74, 6) is 1.13. The van der Waals surface area contributed by atoms with Crippen molar-refractivity contribution in [1.82, 2.24) is 4.90 Å². The molecule has 1 aliphatic heterocycles. The molecule has 0 radical (unpaired) electrons. The number of halogens is 1. The van der Waals surface area contributed by atoms with Gasteiger partial charge in [-0.25, -0.2) is 0 Å². The highest BCUT2D eigenvalue weighted by Crippen LogP contribution is 2.26. The summed E-state index contributed by atoms with van der Waals surface area (Å²) < 4.78 is 0. The number of para-hydroxylation sites is 1. The van der Waals surface area contributed by atoms with E-state index in [0.29, 0.717) is 0 Å². The SMILES string of the molecule is CCSc1ccc(CN2CCN(c3ccccc3Cl)CC2)cc1. The second-order valence-corrected chi connectivity index (χ2v) is 7.54. The number of piperazine rings is 1. The molecule has 2 aromatic rings. The van der Waals surface area contributed by atoms with Crippen LogP contribution in [0.3, 0.4) is 0 Å². The molecule has 23 heavy (non-hydrogen) atoms. The van der Waals surface area contributed by atoms with Gasteiger partial charge in [0.25, 0.3) is 0 Å². The average molecular weight is 347 g/mol. The van der Waals surface area contributed by atoms with Crippen molar-refractivity contribution >= 4 is 29.1 Å². The maximum Gasteiger partial charge on any atom is 0.0639 e. The van der Waals surface area contributed by atoms with Gasteiger partial charge in [0.2, 0.25) is 0 Å². The molecule has 0 unspecified atom stereocenters. The normalized spacial score (nSPS) is 15.8. The number of rotatable bonds is 5. The maximum atomic E-state index is 6.31. The number of hydrogen-bond acceptors (Lipinski definition) is 3. The fourth-order valence-corrected chi connectivity index (χ4v) is 3.89. The molecule has 122 valence electrons. The standard InChI is InChI=1S/C19H23ClN2S/c1-2-23-17-9-7-16(8-10-17)15-21-11-13-22(14-12-21)19-6-4-3-5-18(19)20/h3-10H,2,11-15H2,1H3. The number of thioether (sulfide) groups is 1. The Labute approximate surface area is 148 Å². The van der Waals surface area contributed by atoms with Crippen LogP contribution in [-0.2, 0) is 6.54 Å². The van der Waals surface area contributed by atoms with E-state index in [4.69, 9.17) is 11.6 Å². The molecule has 1 heterocycles. The smallest absolute Gasteiger partial charge is 0.0639 e. The molecule has 0 aromatic heterocycles. The molecule has 0 atom stereocenters. The minimum atomic E-state index is 0.852. The highest BCUT2D eigenvalue weighted by Gasteiger charge is 2.18. The van der Waals surface area contributed by atoms with Gasteiger partial charge in [0.15, 0.2) is 0 Å². The molecule has 2 aromatic carbocycles. The van der Waals surface area contributed by atoms with Crippen molar-refractivity contribution in [2.24, 2.45) is 0 Å². The Morgan fingerprint density at radius 1 is 0.957 bits per heavy atom. The number of hydrogen-bond donors (Lipinski definition) is 0. The second-order valence-electron chi connectivity index (χ2n) is 5.79. The summed E-state index contributed by atoms with van der Waals surface area (Å²) in [6, 6.07) is 17.1. The van der Waals surface area contributed by atoms with Gasteiger partial charge < -0.3 is 4.90 Å². The minimum Gasteiger partial charge on any atom is -0.368 e. The molecule has 0 bridgehead atoms. The second kappa shape index (κ2) is 8.09. The largest absolute Gasteiger partial charge is 0.368 e. The molecule has 3 rings (SSSR count). The van der Waals surface area contributed by atoms with Crippen LogP contribution < -0.4 is 4.90 Å². The van der Waals surface area contributed by atoms with Gasteiger partial charge in [-0.05, 0) is 35.6 Å². The number of anilines is 1. The molecule has 1 fully saturated rings. The van der Waals surface area contributed by atoms with Gasteiger partial charge in [-0.2, -0.15) is 0 Å². The van der Waals surface area contributed by atoms with E-state index < -0.39 is 0 Å². The lowest BCUT2D eigenvalue weighted by molar-refractivity contribution is 0.250. The molecule has 0 saturated carbocycles. The third-order valence-electron chi connectivity index (χ3n) is 4.21. The van der Waals surface area contributed by atoms with Crippen LogP contribution in [0.2, 0.25) is 5.02 Å². The van der Waals surface area contributed by atoms with E-state index in [1.165, 1.54) is 10.5 Å². The first kappa shape index (κ1) is 16.7. The number of nitrogens with zero attached hydrogens (tertiary/aromatic N) is 2. The monoisotopic (exact) mass is 346 g/mol. The fourth-order valence-electron chi connectivity index (χ4n) is 2.97. The fraction of sp³-hybridized carbons (Fsp3) is 0.368. The molecule has 0 amide bonds. The predicted molar refractivity (Wildman–Crippen MR) is 102 cm³/mol. The molecule has 0 aliphatic carbocycles. The summed E-state index contributed by atoms with van der Waals surface area (Å²) in [6.07, 6.45) is 0. The van der Waals surface area contributed by atoms with Crippen LogP contribution >= 0.6 is 23.4 Å². The lowest BCUT2D eigenvalue weighted by atomic mass is 10.2. The molecule has 0 N–H and O–H groups in total. The van der Waals surface area contributed by atoms with Gasteiger partial charge >= 0.3 is 0 Å². The highest BCUT2D eigenvalue weighted by atomic mass is 35.5. The average Bonchev–Trinajstić information content (AvgIpc) is 2.58. The van der Waals surface area contributed by atoms with Crippen LogP contribution in [0.25, 0.3) is 0 Å². The van der Waals surface area contributed by atoms with E-state index in [9.17, 15) is 0 Å². The van der Waals surface area contributed by atoms with Crippen molar-refractivity contribution in [2.75, 3.05) is 36.8 Å². The minimum absolute atomic E-state index is 0.852. The van der Waals surface area contributed by atoms with Gasteiger partial charge in [-0.1, -0.05) is 42.8 Å². The summed E-state index contributed by atoms with van der Waals surface area (Å²) in [5, 5.41) is 0.852. The molecule has 2 nitrogen and oxygen atoms in total. The Morgan fingerprint density at radius 2 is 1.65 bits per heavy atom. The predicted octanol–water partition coefficient (Wildman–Crippen LogP) is 4.77.